The summed E-state index contributed by atoms with van der Waals surface area (Å²) in [6.45, 7) is 3.11. The summed E-state index contributed by atoms with van der Waals surface area (Å²) in [5.74, 6) is 0.975. The van der Waals surface area contributed by atoms with Crippen molar-refractivity contribution in [3.8, 4) is 5.75 Å². The van der Waals surface area contributed by atoms with Crippen LogP contribution < -0.4 is 4.74 Å². The molecule has 0 N–H and O–H groups in total. The lowest BCUT2D eigenvalue weighted by atomic mass is 10.1. The first-order valence-electron chi connectivity index (χ1n) is 10.8. The second-order valence-corrected chi connectivity index (χ2v) is 7.34. The van der Waals surface area contributed by atoms with Crippen LogP contribution in [-0.4, -0.2) is 6.61 Å². The maximum Gasteiger partial charge on any atom is 0.119 e. The predicted molar refractivity (Wildman–Crippen MR) is 119 cm³/mol. The van der Waals surface area contributed by atoms with Crippen molar-refractivity contribution < 1.29 is 4.74 Å². The molecular weight excluding hydrogens is 328 g/mol. The Balaban J connectivity index is 1.52. The topological polar surface area (TPSA) is 9.23 Å². The molecule has 146 valence electrons. The summed E-state index contributed by atoms with van der Waals surface area (Å²) in [4.78, 5) is 0. The standard InChI is InChI=1S/C26H36O/c1-2-3-4-5-6-7-8-9-10-14-23-27-26-21-19-25(20-22-26)18-17-24-15-12-11-13-16-24/h11-13,15-22H,2-10,14,23H2,1H3/b18-17+. The van der Waals surface area contributed by atoms with E-state index in [0.717, 1.165) is 18.8 Å². The molecular formula is C26H36O. The number of hydrogen-bond acceptors (Lipinski definition) is 1. The first-order chi connectivity index (χ1) is 13.4. The molecule has 0 spiro atoms. The maximum absolute atomic E-state index is 5.87. The van der Waals surface area contributed by atoms with Crippen LogP contribution in [0.3, 0.4) is 0 Å². The van der Waals surface area contributed by atoms with Crippen LogP contribution in [0.4, 0.5) is 0 Å². The summed E-state index contributed by atoms with van der Waals surface area (Å²) in [7, 11) is 0. The van der Waals surface area contributed by atoms with Gasteiger partial charge in [-0.15, -0.1) is 0 Å². The summed E-state index contributed by atoms with van der Waals surface area (Å²) in [5.41, 5.74) is 2.42. The highest BCUT2D eigenvalue weighted by Gasteiger charge is 1.96. The van der Waals surface area contributed by atoms with E-state index in [1.54, 1.807) is 0 Å². The average Bonchev–Trinajstić information content (AvgIpc) is 2.72. The lowest BCUT2D eigenvalue weighted by Crippen LogP contribution is -1.97. The van der Waals surface area contributed by atoms with Gasteiger partial charge in [-0.3, -0.25) is 0 Å². The van der Waals surface area contributed by atoms with Gasteiger partial charge in [0.15, 0.2) is 0 Å². The SMILES string of the molecule is CCCCCCCCCCCCOc1ccc(/C=C/c2ccccc2)cc1. The average molecular weight is 365 g/mol. The minimum atomic E-state index is 0.829. The third-order valence-corrected chi connectivity index (χ3v) is 4.91. The molecule has 0 radical (unpaired) electrons. The zero-order valence-electron chi connectivity index (χ0n) is 17.0. The van der Waals surface area contributed by atoms with E-state index in [9.17, 15) is 0 Å². The summed E-state index contributed by atoms with van der Waals surface area (Å²) >= 11 is 0. The van der Waals surface area contributed by atoms with Crippen molar-refractivity contribution in [2.75, 3.05) is 6.61 Å². The fourth-order valence-electron chi connectivity index (χ4n) is 3.21. The highest BCUT2D eigenvalue weighted by molar-refractivity contribution is 5.69. The van der Waals surface area contributed by atoms with Gasteiger partial charge in [0, 0.05) is 0 Å². The van der Waals surface area contributed by atoms with E-state index >= 15 is 0 Å². The minimum absolute atomic E-state index is 0.829. The largest absolute Gasteiger partial charge is 0.494 e. The Morgan fingerprint density at radius 3 is 1.70 bits per heavy atom. The first-order valence-corrected chi connectivity index (χ1v) is 10.8. The lowest BCUT2D eigenvalue weighted by molar-refractivity contribution is 0.304. The molecule has 2 rings (SSSR count). The molecule has 2 aromatic carbocycles. The Morgan fingerprint density at radius 2 is 1.11 bits per heavy atom. The molecule has 1 nitrogen and oxygen atoms in total. The van der Waals surface area contributed by atoms with Gasteiger partial charge in [0.05, 0.1) is 6.61 Å². The number of hydrogen-bond donors (Lipinski definition) is 0. The molecule has 0 atom stereocenters. The Morgan fingerprint density at radius 1 is 0.593 bits per heavy atom. The third kappa shape index (κ3) is 10.0. The molecule has 0 saturated heterocycles. The minimum Gasteiger partial charge on any atom is -0.494 e. The fraction of sp³-hybridized carbons (Fsp3) is 0.462. The summed E-state index contributed by atoms with van der Waals surface area (Å²) in [6, 6.07) is 18.8. The van der Waals surface area contributed by atoms with Crippen molar-refractivity contribution in [1.82, 2.24) is 0 Å². The molecule has 0 aliphatic rings. The molecule has 1 heteroatoms. The van der Waals surface area contributed by atoms with E-state index < -0.39 is 0 Å². The molecule has 0 aromatic heterocycles. The molecule has 0 fully saturated rings. The molecule has 27 heavy (non-hydrogen) atoms. The van der Waals surface area contributed by atoms with Crippen LogP contribution >= 0.6 is 0 Å². The van der Waals surface area contributed by atoms with Gasteiger partial charge in [0.2, 0.25) is 0 Å². The first kappa shape index (κ1) is 21.3. The smallest absolute Gasteiger partial charge is 0.119 e. The van der Waals surface area contributed by atoms with Crippen LogP contribution in [0.2, 0.25) is 0 Å². The van der Waals surface area contributed by atoms with E-state index in [0.29, 0.717) is 0 Å². The van der Waals surface area contributed by atoms with Crippen LogP contribution in [-0.2, 0) is 0 Å². The second-order valence-electron chi connectivity index (χ2n) is 7.34. The zero-order chi connectivity index (χ0) is 19.0. The highest BCUT2D eigenvalue weighted by atomic mass is 16.5. The van der Waals surface area contributed by atoms with Gasteiger partial charge in [-0.05, 0) is 29.7 Å². The van der Waals surface area contributed by atoms with Crippen LogP contribution in [0.5, 0.6) is 5.75 Å². The molecule has 2 aromatic rings. The van der Waals surface area contributed by atoms with Gasteiger partial charge in [-0.25, -0.2) is 0 Å². The normalized spacial score (nSPS) is 11.1. The van der Waals surface area contributed by atoms with E-state index in [1.165, 1.54) is 68.9 Å². The monoisotopic (exact) mass is 364 g/mol. The van der Waals surface area contributed by atoms with E-state index in [1.807, 2.05) is 6.07 Å². The van der Waals surface area contributed by atoms with Crippen LogP contribution in [0, 0.1) is 0 Å². The van der Waals surface area contributed by atoms with Gasteiger partial charge >= 0.3 is 0 Å². The van der Waals surface area contributed by atoms with Crippen molar-refractivity contribution in [3.63, 3.8) is 0 Å². The molecule has 0 aliphatic heterocycles. The van der Waals surface area contributed by atoms with Gasteiger partial charge in [-0.2, -0.15) is 0 Å². The van der Waals surface area contributed by atoms with Gasteiger partial charge in [0.25, 0.3) is 0 Å². The third-order valence-electron chi connectivity index (χ3n) is 4.91. The van der Waals surface area contributed by atoms with Crippen molar-refractivity contribution in [2.45, 2.75) is 71.1 Å². The molecule has 0 amide bonds. The van der Waals surface area contributed by atoms with E-state index in [4.69, 9.17) is 4.74 Å². The van der Waals surface area contributed by atoms with Crippen LogP contribution in [0.15, 0.2) is 54.6 Å². The van der Waals surface area contributed by atoms with E-state index in [-0.39, 0.29) is 0 Å². The van der Waals surface area contributed by atoms with Crippen molar-refractivity contribution in [3.05, 3.63) is 65.7 Å². The number of ether oxygens (including phenoxy) is 1. The van der Waals surface area contributed by atoms with Gasteiger partial charge < -0.3 is 4.74 Å². The summed E-state index contributed by atoms with van der Waals surface area (Å²) in [5, 5.41) is 0. The quantitative estimate of drug-likeness (QED) is 0.243. The second kappa shape index (κ2) is 14.1. The van der Waals surface area contributed by atoms with Crippen molar-refractivity contribution in [1.29, 1.82) is 0 Å². The molecule has 0 bridgehead atoms. The summed E-state index contributed by atoms with van der Waals surface area (Å²) in [6.07, 6.45) is 17.9. The van der Waals surface area contributed by atoms with Gasteiger partial charge in [-0.1, -0.05) is 119 Å². The predicted octanol–water partition coefficient (Wildman–Crippen LogP) is 8.16. The molecule has 0 aliphatic carbocycles. The number of unbranched alkanes of at least 4 members (excludes halogenated alkanes) is 9. The summed E-state index contributed by atoms with van der Waals surface area (Å²) < 4.78 is 5.87. The van der Waals surface area contributed by atoms with Crippen molar-refractivity contribution in [2.24, 2.45) is 0 Å². The fourth-order valence-corrected chi connectivity index (χ4v) is 3.21. The lowest BCUT2D eigenvalue weighted by Gasteiger charge is -2.06. The Hall–Kier alpha value is -2.02. The highest BCUT2D eigenvalue weighted by Crippen LogP contribution is 2.16. The number of rotatable bonds is 14. The maximum atomic E-state index is 5.87. The molecule has 0 unspecified atom stereocenters. The van der Waals surface area contributed by atoms with Crippen LogP contribution in [0.1, 0.15) is 82.3 Å². The Kier molecular flexibility index (Phi) is 11.1. The molecule has 0 saturated carbocycles. The van der Waals surface area contributed by atoms with E-state index in [2.05, 4.69) is 67.6 Å². The van der Waals surface area contributed by atoms with Crippen LogP contribution in [0.25, 0.3) is 12.2 Å². The van der Waals surface area contributed by atoms with Gasteiger partial charge in [0.1, 0.15) is 5.75 Å². The van der Waals surface area contributed by atoms with Crippen molar-refractivity contribution >= 4 is 12.2 Å². The Labute approximate surface area is 166 Å². The number of benzene rings is 2. The molecule has 0 heterocycles. The zero-order valence-corrected chi connectivity index (χ0v) is 17.0. The Bertz CT molecular complexity index is 612.